The first-order valence-electron chi connectivity index (χ1n) is 12.9. The lowest BCUT2D eigenvalue weighted by Crippen LogP contribution is -2.45. The first-order valence-corrected chi connectivity index (χ1v) is 12.9. The molecule has 0 aromatic rings. The second-order valence-corrected chi connectivity index (χ2v) is 10.8. The highest BCUT2D eigenvalue weighted by molar-refractivity contribution is 5.29. The van der Waals surface area contributed by atoms with Gasteiger partial charge >= 0.3 is 0 Å². The van der Waals surface area contributed by atoms with Crippen LogP contribution in [0.15, 0.2) is 11.1 Å². The summed E-state index contributed by atoms with van der Waals surface area (Å²) in [6.45, 7) is 11.3. The molecule has 162 valence electrons. The predicted octanol–water partition coefficient (Wildman–Crippen LogP) is 8.90. The number of alkyl halides is 1. The van der Waals surface area contributed by atoms with Crippen molar-refractivity contribution in [2.45, 2.75) is 124 Å². The first-order chi connectivity index (χ1) is 13.5. The molecule has 0 heterocycles. The summed E-state index contributed by atoms with van der Waals surface area (Å²) in [6.07, 6.45) is 16.4. The van der Waals surface area contributed by atoms with Crippen molar-refractivity contribution in [1.29, 1.82) is 0 Å². The molecule has 0 saturated heterocycles. The van der Waals surface area contributed by atoms with Crippen LogP contribution < -0.4 is 0 Å². The van der Waals surface area contributed by atoms with Gasteiger partial charge in [0.2, 0.25) is 0 Å². The zero-order valence-corrected chi connectivity index (χ0v) is 19.5. The van der Waals surface area contributed by atoms with Crippen molar-refractivity contribution < 1.29 is 4.39 Å². The summed E-state index contributed by atoms with van der Waals surface area (Å²) in [7, 11) is 0. The molecule has 0 amide bonds. The van der Waals surface area contributed by atoms with Gasteiger partial charge in [-0.2, -0.15) is 0 Å². The van der Waals surface area contributed by atoms with E-state index in [1.54, 1.807) is 5.57 Å². The van der Waals surface area contributed by atoms with E-state index in [0.717, 1.165) is 36.5 Å². The topological polar surface area (TPSA) is 0 Å². The van der Waals surface area contributed by atoms with E-state index in [-0.39, 0.29) is 0 Å². The summed E-state index contributed by atoms with van der Waals surface area (Å²) in [5, 5.41) is 0. The standard InChI is InChI=1S/C25H41F.C2H6/c1-17(2)8-4-5-9-18-12-13-23-22-16-24(26)21-11-7-6-10-19(21)20(22)14-15-25(18,23)3;1-2/h17-18,20,22-24H,4-16H2,1-3H3;1-2H3. The number of fused-ring (bicyclic) bond motifs is 4. The van der Waals surface area contributed by atoms with Gasteiger partial charge in [-0.1, -0.05) is 59.5 Å². The number of halogens is 1. The van der Waals surface area contributed by atoms with E-state index in [4.69, 9.17) is 0 Å². The minimum atomic E-state index is -0.598. The molecule has 1 heteroatoms. The molecule has 0 radical (unpaired) electrons. The Morgan fingerprint density at radius 3 is 2.43 bits per heavy atom. The Morgan fingerprint density at radius 1 is 1.00 bits per heavy atom. The fraction of sp³-hybridized carbons (Fsp3) is 0.926. The second-order valence-electron chi connectivity index (χ2n) is 10.8. The second kappa shape index (κ2) is 9.65. The van der Waals surface area contributed by atoms with E-state index in [0.29, 0.717) is 11.3 Å². The van der Waals surface area contributed by atoms with Crippen LogP contribution in [0, 0.1) is 35.0 Å². The van der Waals surface area contributed by atoms with Crippen molar-refractivity contribution in [3.05, 3.63) is 11.1 Å². The molecule has 0 N–H and O–H groups in total. The van der Waals surface area contributed by atoms with Gasteiger partial charge < -0.3 is 0 Å². The van der Waals surface area contributed by atoms with Crippen LogP contribution in [-0.2, 0) is 0 Å². The lowest BCUT2D eigenvalue weighted by atomic mass is 9.52. The van der Waals surface area contributed by atoms with E-state index in [1.807, 2.05) is 13.8 Å². The normalized spacial score (nSPS) is 39.8. The van der Waals surface area contributed by atoms with Gasteiger partial charge in [0.05, 0.1) is 0 Å². The van der Waals surface area contributed by atoms with Crippen LogP contribution in [0.3, 0.4) is 0 Å². The van der Waals surface area contributed by atoms with Crippen molar-refractivity contribution in [3.8, 4) is 0 Å². The Kier molecular flexibility index (Phi) is 7.71. The van der Waals surface area contributed by atoms with E-state index >= 15 is 4.39 Å². The largest absolute Gasteiger partial charge is 0.243 e. The maximum atomic E-state index is 15.0. The van der Waals surface area contributed by atoms with Gasteiger partial charge in [0, 0.05) is 0 Å². The average Bonchev–Trinajstić information content (AvgIpc) is 3.04. The average molecular weight is 391 g/mol. The smallest absolute Gasteiger partial charge is 0.122 e. The molecule has 0 nitrogen and oxygen atoms in total. The van der Waals surface area contributed by atoms with E-state index in [9.17, 15) is 0 Å². The van der Waals surface area contributed by atoms with Crippen LogP contribution in [0.1, 0.15) is 118 Å². The highest BCUT2D eigenvalue weighted by atomic mass is 19.1. The SMILES string of the molecule is CC.CC(C)CCCCC1CCC2C3CC(F)C4=C(CCCC4)C3CCC12C. The third kappa shape index (κ3) is 4.24. The third-order valence-corrected chi connectivity index (χ3v) is 9.08. The van der Waals surface area contributed by atoms with E-state index in [1.165, 1.54) is 76.2 Å². The fourth-order valence-electron chi connectivity index (χ4n) is 7.69. The van der Waals surface area contributed by atoms with Crippen LogP contribution in [0.4, 0.5) is 4.39 Å². The van der Waals surface area contributed by atoms with Crippen LogP contribution in [0.5, 0.6) is 0 Å². The maximum absolute atomic E-state index is 15.0. The molecule has 4 aliphatic carbocycles. The molecular weight excluding hydrogens is 343 g/mol. The molecule has 4 rings (SSSR count). The van der Waals surface area contributed by atoms with E-state index in [2.05, 4.69) is 20.8 Å². The molecule has 0 aromatic heterocycles. The van der Waals surface area contributed by atoms with Gasteiger partial charge in [-0.3, -0.25) is 0 Å². The van der Waals surface area contributed by atoms with Gasteiger partial charge in [0.1, 0.15) is 6.17 Å². The molecule has 0 spiro atoms. The molecule has 0 bridgehead atoms. The summed E-state index contributed by atoms with van der Waals surface area (Å²) in [4.78, 5) is 0. The molecule has 0 aliphatic heterocycles. The zero-order chi connectivity index (χ0) is 20.3. The zero-order valence-electron chi connectivity index (χ0n) is 19.5. The number of allylic oxidation sites excluding steroid dienone is 2. The summed E-state index contributed by atoms with van der Waals surface area (Å²) < 4.78 is 15.0. The van der Waals surface area contributed by atoms with Gasteiger partial charge in [-0.25, -0.2) is 4.39 Å². The number of rotatable bonds is 5. The van der Waals surface area contributed by atoms with Crippen LogP contribution in [0.25, 0.3) is 0 Å². The number of unbranched alkanes of at least 4 members (excludes halogenated alkanes) is 1. The summed E-state index contributed by atoms with van der Waals surface area (Å²) in [5.41, 5.74) is 3.40. The molecule has 4 aliphatic rings. The molecule has 2 saturated carbocycles. The van der Waals surface area contributed by atoms with Crippen LogP contribution in [0.2, 0.25) is 0 Å². The minimum absolute atomic E-state index is 0.519. The molecule has 6 unspecified atom stereocenters. The van der Waals surface area contributed by atoms with Gasteiger partial charge in [0.25, 0.3) is 0 Å². The molecule has 28 heavy (non-hydrogen) atoms. The molecular formula is C27H47F. The molecule has 0 aromatic carbocycles. The van der Waals surface area contributed by atoms with Crippen molar-refractivity contribution in [1.82, 2.24) is 0 Å². The monoisotopic (exact) mass is 390 g/mol. The number of hydrogen-bond donors (Lipinski definition) is 0. The first kappa shape index (κ1) is 22.4. The van der Waals surface area contributed by atoms with Crippen LogP contribution >= 0.6 is 0 Å². The Morgan fingerprint density at radius 2 is 1.71 bits per heavy atom. The van der Waals surface area contributed by atoms with Gasteiger partial charge in [-0.15, -0.1) is 0 Å². The van der Waals surface area contributed by atoms with Crippen molar-refractivity contribution in [2.75, 3.05) is 0 Å². The lowest BCUT2D eigenvalue weighted by molar-refractivity contribution is -0.000759. The fourth-order valence-corrected chi connectivity index (χ4v) is 7.69. The van der Waals surface area contributed by atoms with Crippen LogP contribution in [-0.4, -0.2) is 6.17 Å². The maximum Gasteiger partial charge on any atom is 0.122 e. The summed E-state index contributed by atoms with van der Waals surface area (Å²) in [6, 6.07) is 0. The quantitative estimate of drug-likeness (QED) is 0.325. The Balaban J connectivity index is 0.00000109. The highest BCUT2D eigenvalue weighted by Gasteiger charge is 2.55. The minimum Gasteiger partial charge on any atom is -0.243 e. The van der Waals surface area contributed by atoms with Gasteiger partial charge in [0.15, 0.2) is 0 Å². The van der Waals surface area contributed by atoms with Crippen molar-refractivity contribution in [2.24, 2.45) is 35.0 Å². The molecule has 2 fully saturated rings. The summed E-state index contributed by atoms with van der Waals surface area (Å²) in [5.74, 6) is 4.00. The third-order valence-electron chi connectivity index (χ3n) is 9.08. The van der Waals surface area contributed by atoms with E-state index < -0.39 is 6.17 Å². The number of hydrogen-bond acceptors (Lipinski definition) is 0. The van der Waals surface area contributed by atoms with Crippen molar-refractivity contribution >= 4 is 0 Å². The van der Waals surface area contributed by atoms with Crippen molar-refractivity contribution in [3.63, 3.8) is 0 Å². The van der Waals surface area contributed by atoms with Gasteiger partial charge in [-0.05, 0) is 105 Å². The predicted molar refractivity (Wildman–Crippen MR) is 120 cm³/mol. The molecule has 6 atom stereocenters. The highest BCUT2D eigenvalue weighted by Crippen LogP contribution is 2.64. The Hall–Kier alpha value is -0.330. The Bertz CT molecular complexity index is 532. The summed E-state index contributed by atoms with van der Waals surface area (Å²) >= 11 is 0. The lowest BCUT2D eigenvalue weighted by Gasteiger charge is -2.53. The Labute approximate surface area is 175 Å².